The fourth-order valence-electron chi connectivity index (χ4n) is 3.66. The third-order valence-corrected chi connectivity index (χ3v) is 4.99. The van der Waals surface area contributed by atoms with E-state index in [0.29, 0.717) is 5.88 Å². The third kappa shape index (κ3) is 6.26. The SMILES string of the molecule is CC(C)(C)OC(=O)NC1CCC(Oc2cc(N3CCCCC3)ncn2)CC1. The molecule has 2 heterocycles. The van der Waals surface area contributed by atoms with Crippen LogP contribution < -0.4 is 15.0 Å². The van der Waals surface area contributed by atoms with E-state index in [1.165, 1.54) is 19.3 Å². The summed E-state index contributed by atoms with van der Waals surface area (Å²) in [6.07, 6.45) is 8.67. The van der Waals surface area contributed by atoms with E-state index < -0.39 is 5.60 Å². The summed E-state index contributed by atoms with van der Waals surface area (Å²) < 4.78 is 11.4. The number of rotatable bonds is 4. The molecule has 7 nitrogen and oxygen atoms in total. The number of alkyl carbamates (subject to hydrolysis) is 1. The third-order valence-electron chi connectivity index (χ3n) is 4.99. The summed E-state index contributed by atoms with van der Waals surface area (Å²) in [6, 6.07) is 2.10. The molecule has 1 saturated carbocycles. The molecule has 2 aliphatic rings. The molecule has 0 unspecified atom stereocenters. The molecule has 3 rings (SSSR count). The van der Waals surface area contributed by atoms with Gasteiger partial charge in [-0.05, 0) is 65.7 Å². The standard InChI is InChI=1S/C20H32N4O3/c1-20(2,3)27-19(25)23-15-7-9-16(10-8-15)26-18-13-17(21-14-22-18)24-11-5-4-6-12-24/h13-16H,4-12H2,1-3H3,(H,23,25). The molecule has 1 aliphatic heterocycles. The largest absolute Gasteiger partial charge is 0.474 e. The fourth-order valence-corrected chi connectivity index (χ4v) is 3.66. The van der Waals surface area contributed by atoms with Gasteiger partial charge in [-0.1, -0.05) is 0 Å². The first-order valence-electron chi connectivity index (χ1n) is 10.1. The van der Waals surface area contributed by atoms with Crippen molar-refractivity contribution in [2.45, 2.75) is 83.5 Å². The smallest absolute Gasteiger partial charge is 0.407 e. The quantitative estimate of drug-likeness (QED) is 0.864. The van der Waals surface area contributed by atoms with Crippen LogP contribution in [0.3, 0.4) is 0 Å². The summed E-state index contributed by atoms with van der Waals surface area (Å²) in [6.45, 7) is 7.72. The average Bonchev–Trinajstić information content (AvgIpc) is 2.63. The van der Waals surface area contributed by atoms with E-state index in [4.69, 9.17) is 9.47 Å². The number of carbonyl (C=O) groups is 1. The molecule has 0 bridgehead atoms. The summed E-state index contributed by atoms with van der Waals surface area (Å²) in [5.74, 6) is 1.61. The predicted octanol–water partition coefficient (Wildman–Crippen LogP) is 3.68. The van der Waals surface area contributed by atoms with Gasteiger partial charge in [-0.25, -0.2) is 14.8 Å². The van der Waals surface area contributed by atoms with Gasteiger partial charge in [0, 0.05) is 25.2 Å². The Kier molecular flexibility index (Phi) is 6.39. The predicted molar refractivity (Wildman–Crippen MR) is 104 cm³/mol. The maximum absolute atomic E-state index is 11.9. The number of carbonyl (C=O) groups excluding carboxylic acids is 1. The molecule has 0 aromatic carbocycles. The zero-order valence-electron chi connectivity index (χ0n) is 16.7. The number of anilines is 1. The zero-order valence-corrected chi connectivity index (χ0v) is 16.7. The number of ether oxygens (including phenoxy) is 2. The van der Waals surface area contributed by atoms with Crippen LogP contribution in [-0.2, 0) is 4.74 Å². The highest BCUT2D eigenvalue weighted by Gasteiger charge is 2.26. The van der Waals surface area contributed by atoms with Gasteiger partial charge in [0.05, 0.1) is 0 Å². The molecular weight excluding hydrogens is 344 g/mol. The van der Waals surface area contributed by atoms with Gasteiger partial charge in [-0.2, -0.15) is 0 Å². The van der Waals surface area contributed by atoms with Crippen molar-refractivity contribution in [1.82, 2.24) is 15.3 Å². The normalized spacial score (nSPS) is 23.6. The second kappa shape index (κ2) is 8.76. The number of piperidine rings is 1. The lowest BCUT2D eigenvalue weighted by molar-refractivity contribution is 0.0469. The van der Waals surface area contributed by atoms with E-state index >= 15 is 0 Å². The molecule has 2 fully saturated rings. The van der Waals surface area contributed by atoms with Gasteiger partial charge >= 0.3 is 6.09 Å². The van der Waals surface area contributed by atoms with Crippen LogP contribution >= 0.6 is 0 Å². The zero-order chi connectivity index (χ0) is 19.3. The monoisotopic (exact) mass is 376 g/mol. The van der Waals surface area contributed by atoms with Crippen molar-refractivity contribution in [3.8, 4) is 5.88 Å². The van der Waals surface area contributed by atoms with Crippen molar-refractivity contribution in [2.75, 3.05) is 18.0 Å². The summed E-state index contributed by atoms with van der Waals surface area (Å²) >= 11 is 0. The molecular formula is C20H32N4O3. The Labute approximate surface area is 161 Å². The molecule has 0 radical (unpaired) electrons. The van der Waals surface area contributed by atoms with Crippen molar-refractivity contribution in [3.05, 3.63) is 12.4 Å². The number of hydrogen-bond acceptors (Lipinski definition) is 6. The summed E-state index contributed by atoms with van der Waals surface area (Å²) in [5.41, 5.74) is -0.469. The van der Waals surface area contributed by atoms with Gasteiger partial charge in [-0.15, -0.1) is 0 Å². The molecule has 1 N–H and O–H groups in total. The van der Waals surface area contributed by atoms with Gasteiger partial charge < -0.3 is 19.7 Å². The van der Waals surface area contributed by atoms with Gasteiger partial charge in [0.25, 0.3) is 0 Å². The Balaban J connectivity index is 1.46. The summed E-state index contributed by atoms with van der Waals surface area (Å²) in [4.78, 5) is 22.9. The minimum atomic E-state index is -0.469. The van der Waals surface area contributed by atoms with Gasteiger partial charge in [0.15, 0.2) is 0 Å². The number of hydrogen-bond donors (Lipinski definition) is 1. The first-order chi connectivity index (χ1) is 12.9. The molecule has 0 atom stereocenters. The van der Waals surface area contributed by atoms with E-state index in [1.54, 1.807) is 6.33 Å². The Hall–Kier alpha value is -2.05. The molecule has 1 saturated heterocycles. The first kappa shape index (κ1) is 19.7. The highest BCUT2D eigenvalue weighted by molar-refractivity contribution is 5.68. The van der Waals surface area contributed by atoms with Crippen molar-refractivity contribution in [1.29, 1.82) is 0 Å². The van der Waals surface area contributed by atoms with Crippen LogP contribution in [0.5, 0.6) is 5.88 Å². The highest BCUT2D eigenvalue weighted by atomic mass is 16.6. The lowest BCUT2D eigenvalue weighted by atomic mass is 9.93. The number of nitrogens with zero attached hydrogens (tertiary/aromatic N) is 3. The Morgan fingerprint density at radius 3 is 2.48 bits per heavy atom. The molecule has 0 spiro atoms. The Bertz CT molecular complexity index is 618. The van der Waals surface area contributed by atoms with Crippen LogP contribution in [-0.4, -0.2) is 46.9 Å². The van der Waals surface area contributed by atoms with E-state index in [-0.39, 0.29) is 18.2 Å². The van der Waals surface area contributed by atoms with E-state index in [9.17, 15) is 4.79 Å². The fraction of sp³-hybridized carbons (Fsp3) is 0.750. The van der Waals surface area contributed by atoms with E-state index in [1.807, 2.05) is 26.8 Å². The minimum absolute atomic E-state index is 0.130. The topological polar surface area (TPSA) is 76.6 Å². The molecule has 1 aliphatic carbocycles. The second-order valence-electron chi connectivity index (χ2n) is 8.50. The average molecular weight is 377 g/mol. The van der Waals surface area contributed by atoms with Crippen molar-refractivity contribution >= 4 is 11.9 Å². The minimum Gasteiger partial charge on any atom is -0.474 e. The molecule has 1 aromatic rings. The van der Waals surface area contributed by atoms with Crippen LogP contribution in [0.1, 0.15) is 65.7 Å². The maximum Gasteiger partial charge on any atom is 0.407 e. The van der Waals surface area contributed by atoms with E-state index in [2.05, 4.69) is 20.2 Å². The van der Waals surface area contributed by atoms with Gasteiger partial charge in [0.1, 0.15) is 23.9 Å². The van der Waals surface area contributed by atoms with Crippen LogP contribution in [0.25, 0.3) is 0 Å². The van der Waals surface area contributed by atoms with Crippen molar-refractivity contribution in [3.63, 3.8) is 0 Å². The molecule has 150 valence electrons. The van der Waals surface area contributed by atoms with E-state index in [0.717, 1.165) is 44.6 Å². The Morgan fingerprint density at radius 2 is 1.81 bits per heavy atom. The number of nitrogens with one attached hydrogen (secondary N) is 1. The summed E-state index contributed by atoms with van der Waals surface area (Å²) in [5, 5.41) is 2.96. The number of aromatic nitrogens is 2. The van der Waals surface area contributed by atoms with Crippen molar-refractivity contribution < 1.29 is 14.3 Å². The summed E-state index contributed by atoms with van der Waals surface area (Å²) in [7, 11) is 0. The van der Waals surface area contributed by atoms with Gasteiger partial charge in [-0.3, -0.25) is 0 Å². The van der Waals surface area contributed by atoms with Gasteiger partial charge in [0.2, 0.25) is 5.88 Å². The van der Waals surface area contributed by atoms with Crippen LogP contribution in [0.2, 0.25) is 0 Å². The van der Waals surface area contributed by atoms with Crippen LogP contribution in [0, 0.1) is 0 Å². The molecule has 7 heteroatoms. The molecule has 27 heavy (non-hydrogen) atoms. The second-order valence-corrected chi connectivity index (χ2v) is 8.50. The number of amides is 1. The molecule has 1 aromatic heterocycles. The van der Waals surface area contributed by atoms with Crippen molar-refractivity contribution in [2.24, 2.45) is 0 Å². The van der Waals surface area contributed by atoms with Crippen LogP contribution in [0.4, 0.5) is 10.6 Å². The molecule has 1 amide bonds. The first-order valence-corrected chi connectivity index (χ1v) is 10.1. The van der Waals surface area contributed by atoms with Crippen LogP contribution in [0.15, 0.2) is 12.4 Å². The Morgan fingerprint density at radius 1 is 1.11 bits per heavy atom. The highest BCUT2D eigenvalue weighted by Crippen LogP contribution is 2.25. The lowest BCUT2D eigenvalue weighted by Gasteiger charge is -2.30. The lowest BCUT2D eigenvalue weighted by Crippen LogP contribution is -2.42. The maximum atomic E-state index is 11.9.